The van der Waals surface area contributed by atoms with Gasteiger partial charge < -0.3 is 10.1 Å². The molecule has 0 aliphatic rings. The molecule has 0 aliphatic heterocycles. The summed E-state index contributed by atoms with van der Waals surface area (Å²) in [6, 6.07) is 7.24. The van der Waals surface area contributed by atoms with Gasteiger partial charge in [0.1, 0.15) is 6.29 Å². The van der Waals surface area contributed by atoms with E-state index in [9.17, 15) is 4.79 Å². The number of hydrogen-bond donors (Lipinski definition) is 2. The number of aldehydes is 1. The molecule has 1 heterocycles. The van der Waals surface area contributed by atoms with E-state index in [0.29, 0.717) is 5.56 Å². The minimum Gasteiger partial charge on any atom is -0.390 e. The summed E-state index contributed by atoms with van der Waals surface area (Å²) in [6.45, 7) is -0.00883. The number of carbonyl (C=O) groups is 1. The Balaban J connectivity index is 2.63. The number of aliphatic hydroxyl groups is 1. The van der Waals surface area contributed by atoms with Crippen LogP contribution < -0.4 is 0 Å². The molecule has 3 heteroatoms. The topological polar surface area (TPSA) is 53.1 Å². The SMILES string of the molecule is O=Cc1ccc2cc(CO)[nH]c2c1. The molecule has 1 aromatic carbocycles. The normalized spacial score (nSPS) is 10.5. The first-order valence-electron chi connectivity index (χ1n) is 4.01. The Kier molecular flexibility index (Phi) is 1.87. The van der Waals surface area contributed by atoms with E-state index in [0.717, 1.165) is 22.9 Å². The van der Waals surface area contributed by atoms with Crippen LogP contribution in [-0.4, -0.2) is 16.4 Å². The smallest absolute Gasteiger partial charge is 0.150 e. The van der Waals surface area contributed by atoms with Crippen LogP contribution in [0.2, 0.25) is 0 Å². The number of carbonyl (C=O) groups excluding carboxylic acids is 1. The molecule has 0 fully saturated rings. The third-order valence-corrected chi connectivity index (χ3v) is 2.01. The fourth-order valence-electron chi connectivity index (χ4n) is 1.36. The average molecular weight is 175 g/mol. The molecule has 1 aromatic heterocycles. The van der Waals surface area contributed by atoms with E-state index in [1.165, 1.54) is 0 Å². The first-order valence-corrected chi connectivity index (χ1v) is 4.01. The predicted octanol–water partition coefficient (Wildman–Crippen LogP) is 1.47. The van der Waals surface area contributed by atoms with E-state index in [-0.39, 0.29) is 6.61 Å². The summed E-state index contributed by atoms with van der Waals surface area (Å²) in [7, 11) is 0. The number of aromatic amines is 1. The summed E-state index contributed by atoms with van der Waals surface area (Å²) in [5.41, 5.74) is 2.28. The maximum absolute atomic E-state index is 10.5. The zero-order valence-electron chi connectivity index (χ0n) is 6.95. The highest BCUT2D eigenvalue weighted by Crippen LogP contribution is 2.16. The van der Waals surface area contributed by atoms with E-state index < -0.39 is 0 Å². The molecule has 2 rings (SSSR count). The van der Waals surface area contributed by atoms with Crippen molar-refractivity contribution in [1.82, 2.24) is 4.98 Å². The second-order valence-electron chi connectivity index (χ2n) is 2.92. The molecule has 2 N–H and O–H groups in total. The lowest BCUT2D eigenvalue weighted by Gasteiger charge is -1.90. The van der Waals surface area contributed by atoms with Gasteiger partial charge in [-0.05, 0) is 17.5 Å². The third-order valence-electron chi connectivity index (χ3n) is 2.01. The van der Waals surface area contributed by atoms with Crippen LogP contribution in [0.15, 0.2) is 24.3 Å². The van der Waals surface area contributed by atoms with Crippen molar-refractivity contribution < 1.29 is 9.90 Å². The molecule has 0 spiro atoms. The van der Waals surface area contributed by atoms with Crippen molar-refractivity contribution in [2.75, 3.05) is 0 Å². The lowest BCUT2D eigenvalue weighted by Crippen LogP contribution is -1.80. The molecule has 66 valence electrons. The summed E-state index contributed by atoms with van der Waals surface area (Å²) < 4.78 is 0. The van der Waals surface area contributed by atoms with Crippen molar-refractivity contribution in [3.05, 3.63) is 35.5 Å². The predicted molar refractivity (Wildman–Crippen MR) is 49.6 cm³/mol. The fourth-order valence-corrected chi connectivity index (χ4v) is 1.36. The van der Waals surface area contributed by atoms with E-state index in [4.69, 9.17) is 5.11 Å². The van der Waals surface area contributed by atoms with Gasteiger partial charge >= 0.3 is 0 Å². The molecular weight excluding hydrogens is 166 g/mol. The van der Waals surface area contributed by atoms with Crippen molar-refractivity contribution in [3.63, 3.8) is 0 Å². The number of hydrogen-bond acceptors (Lipinski definition) is 2. The number of fused-ring (bicyclic) bond motifs is 1. The molecular formula is C10H9NO2. The number of benzene rings is 1. The second kappa shape index (κ2) is 3.03. The minimum atomic E-state index is -0.00883. The van der Waals surface area contributed by atoms with Crippen LogP contribution in [0.25, 0.3) is 10.9 Å². The van der Waals surface area contributed by atoms with E-state index in [2.05, 4.69) is 4.98 Å². The summed E-state index contributed by atoms with van der Waals surface area (Å²) >= 11 is 0. The molecule has 0 radical (unpaired) electrons. The zero-order valence-corrected chi connectivity index (χ0v) is 6.95. The number of nitrogens with one attached hydrogen (secondary N) is 1. The van der Waals surface area contributed by atoms with Gasteiger partial charge in [-0.1, -0.05) is 12.1 Å². The monoisotopic (exact) mass is 175 g/mol. The van der Waals surface area contributed by atoms with Gasteiger partial charge in [0.05, 0.1) is 6.61 Å². The molecule has 0 amide bonds. The van der Waals surface area contributed by atoms with Crippen LogP contribution in [0.4, 0.5) is 0 Å². The van der Waals surface area contributed by atoms with Crippen LogP contribution >= 0.6 is 0 Å². The van der Waals surface area contributed by atoms with Gasteiger partial charge in [-0.25, -0.2) is 0 Å². The molecule has 0 atom stereocenters. The van der Waals surface area contributed by atoms with Crippen molar-refractivity contribution in [2.24, 2.45) is 0 Å². The first-order chi connectivity index (χ1) is 6.33. The molecule has 2 aromatic rings. The Bertz CT molecular complexity index is 445. The Morgan fingerprint density at radius 1 is 1.38 bits per heavy atom. The molecule has 0 aliphatic carbocycles. The second-order valence-corrected chi connectivity index (χ2v) is 2.92. The molecule has 0 bridgehead atoms. The maximum Gasteiger partial charge on any atom is 0.150 e. The van der Waals surface area contributed by atoms with Gasteiger partial charge in [-0.3, -0.25) is 4.79 Å². The standard InChI is InChI=1S/C10H9NO2/c12-5-7-1-2-8-4-9(6-13)11-10(8)3-7/h1-5,11,13H,6H2. The van der Waals surface area contributed by atoms with E-state index in [1.807, 2.05) is 12.1 Å². The fraction of sp³-hybridized carbons (Fsp3) is 0.100. The van der Waals surface area contributed by atoms with Gasteiger partial charge in [0.25, 0.3) is 0 Å². The maximum atomic E-state index is 10.5. The van der Waals surface area contributed by atoms with Gasteiger partial charge in [-0.15, -0.1) is 0 Å². The van der Waals surface area contributed by atoms with Crippen LogP contribution in [-0.2, 0) is 6.61 Å². The molecule has 3 nitrogen and oxygen atoms in total. The number of aromatic nitrogens is 1. The Morgan fingerprint density at radius 2 is 2.23 bits per heavy atom. The lowest BCUT2D eigenvalue weighted by atomic mass is 10.2. The highest BCUT2D eigenvalue weighted by molar-refractivity contribution is 5.87. The number of aliphatic hydroxyl groups excluding tert-OH is 1. The molecule has 13 heavy (non-hydrogen) atoms. The zero-order chi connectivity index (χ0) is 9.26. The Morgan fingerprint density at radius 3 is 2.92 bits per heavy atom. The number of rotatable bonds is 2. The molecule has 0 unspecified atom stereocenters. The van der Waals surface area contributed by atoms with Gasteiger partial charge in [0.2, 0.25) is 0 Å². The quantitative estimate of drug-likeness (QED) is 0.679. The highest BCUT2D eigenvalue weighted by atomic mass is 16.3. The van der Waals surface area contributed by atoms with Crippen LogP contribution in [0.1, 0.15) is 16.1 Å². The van der Waals surface area contributed by atoms with Crippen molar-refractivity contribution in [3.8, 4) is 0 Å². The van der Waals surface area contributed by atoms with E-state index >= 15 is 0 Å². The van der Waals surface area contributed by atoms with Gasteiger partial charge in [0.15, 0.2) is 0 Å². The van der Waals surface area contributed by atoms with Crippen molar-refractivity contribution >= 4 is 17.2 Å². The lowest BCUT2D eigenvalue weighted by molar-refractivity contribution is 0.112. The van der Waals surface area contributed by atoms with Crippen LogP contribution in [0.3, 0.4) is 0 Å². The highest BCUT2D eigenvalue weighted by Gasteiger charge is 1.99. The van der Waals surface area contributed by atoms with Crippen LogP contribution in [0, 0.1) is 0 Å². The summed E-state index contributed by atoms with van der Waals surface area (Å²) in [4.78, 5) is 13.5. The largest absolute Gasteiger partial charge is 0.390 e. The summed E-state index contributed by atoms with van der Waals surface area (Å²) in [6.07, 6.45) is 0.804. The average Bonchev–Trinajstić information content (AvgIpc) is 2.58. The van der Waals surface area contributed by atoms with Crippen LogP contribution in [0.5, 0.6) is 0 Å². The van der Waals surface area contributed by atoms with Crippen molar-refractivity contribution in [2.45, 2.75) is 6.61 Å². The summed E-state index contributed by atoms with van der Waals surface area (Å²) in [5, 5.41) is 9.87. The minimum absolute atomic E-state index is 0.00883. The van der Waals surface area contributed by atoms with Gasteiger partial charge in [-0.2, -0.15) is 0 Å². The first kappa shape index (κ1) is 8.01. The Labute approximate surface area is 75.0 Å². The van der Waals surface area contributed by atoms with Crippen molar-refractivity contribution in [1.29, 1.82) is 0 Å². The number of H-pyrrole nitrogens is 1. The summed E-state index contributed by atoms with van der Waals surface area (Å²) in [5.74, 6) is 0. The third kappa shape index (κ3) is 1.34. The Hall–Kier alpha value is -1.61. The molecule has 0 saturated heterocycles. The van der Waals surface area contributed by atoms with Gasteiger partial charge in [0, 0.05) is 16.8 Å². The van der Waals surface area contributed by atoms with E-state index in [1.54, 1.807) is 12.1 Å². The molecule has 0 saturated carbocycles.